The molecule has 4 amide bonds. The van der Waals surface area contributed by atoms with Crippen molar-refractivity contribution >= 4 is 57.8 Å². The van der Waals surface area contributed by atoms with Crippen LogP contribution in [-0.2, 0) is 9.59 Å². The molecule has 2 aromatic heterocycles. The normalized spacial score (nSPS) is 23.5. The molecule has 4 aliphatic rings. The number of carbonyl (C=O) groups is 4. The van der Waals surface area contributed by atoms with Crippen LogP contribution in [0, 0.1) is 0 Å². The van der Waals surface area contributed by atoms with Crippen LogP contribution in [0.3, 0.4) is 0 Å². The Morgan fingerprint density at radius 3 is 2.64 bits per heavy atom. The number of nitrogens with one attached hydrogen (secondary N) is 3. The molecule has 0 saturated carbocycles. The third-order valence-electron chi connectivity index (χ3n) is 9.84. The molecular formula is C34H33ClN8O4. The van der Waals surface area contributed by atoms with Crippen LogP contribution in [0.1, 0.15) is 52.8 Å². The number of rotatable bonds is 6. The summed E-state index contributed by atoms with van der Waals surface area (Å²) in [4.78, 5) is 69.0. The van der Waals surface area contributed by atoms with Crippen molar-refractivity contribution in [2.24, 2.45) is 0 Å². The Morgan fingerprint density at radius 2 is 1.77 bits per heavy atom. The summed E-state index contributed by atoms with van der Waals surface area (Å²) >= 11 is 6.55. The van der Waals surface area contributed by atoms with Crippen molar-refractivity contribution in [3.05, 3.63) is 71.0 Å². The van der Waals surface area contributed by atoms with Crippen molar-refractivity contribution in [3.63, 3.8) is 0 Å². The molecule has 3 atom stereocenters. The summed E-state index contributed by atoms with van der Waals surface area (Å²) in [6.07, 6.45) is 6.83. The number of amides is 4. The van der Waals surface area contributed by atoms with E-state index in [0.29, 0.717) is 33.8 Å². The van der Waals surface area contributed by atoms with E-state index >= 15 is 0 Å². The summed E-state index contributed by atoms with van der Waals surface area (Å²) in [5.74, 6) is -1.42. The molecule has 0 aliphatic carbocycles. The van der Waals surface area contributed by atoms with Crippen LogP contribution in [0.25, 0.3) is 22.2 Å². The lowest BCUT2D eigenvalue weighted by molar-refractivity contribution is -0.136. The first-order valence-corrected chi connectivity index (χ1v) is 16.4. The number of fused-ring (bicyclic) bond motifs is 2. The topological polar surface area (TPSA) is 144 Å². The second-order valence-electron chi connectivity index (χ2n) is 12.7. The van der Waals surface area contributed by atoms with E-state index in [4.69, 9.17) is 16.6 Å². The molecule has 8 rings (SSSR count). The third-order valence-corrected chi connectivity index (χ3v) is 10.1. The van der Waals surface area contributed by atoms with Gasteiger partial charge >= 0.3 is 0 Å². The Morgan fingerprint density at radius 1 is 0.915 bits per heavy atom. The highest BCUT2D eigenvalue weighted by molar-refractivity contribution is 6.33. The molecule has 0 bridgehead atoms. The zero-order chi connectivity index (χ0) is 32.2. The second kappa shape index (κ2) is 11.8. The van der Waals surface area contributed by atoms with Gasteiger partial charge in [0.05, 0.1) is 28.0 Å². The Hall–Kier alpha value is -4.81. The molecule has 6 heterocycles. The minimum atomic E-state index is -0.974. The maximum atomic E-state index is 13.4. The predicted octanol–water partition coefficient (Wildman–Crippen LogP) is 3.83. The number of benzene rings is 2. The van der Waals surface area contributed by atoms with Crippen LogP contribution in [0.4, 0.5) is 11.6 Å². The third kappa shape index (κ3) is 5.31. The van der Waals surface area contributed by atoms with Gasteiger partial charge in [-0.2, -0.15) is 0 Å². The van der Waals surface area contributed by atoms with Crippen LogP contribution < -0.4 is 15.5 Å². The summed E-state index contributed by atoms with van der Waals surface area (Å²) < 4.78 is 0. The van der Waals surface area contributed by atoms with Gasteiger partial charge in [0.2, 0.25) is 17.8 Å². The number of hydrogen-bond donors (Lipinski definition) is 3. The number of imide groups is 2. The van der Waals surface area contributed by atoms with E-state index in [9.17, 15) is 19.2 Å². The van der Waals surface area contributed by atoms with E-state index in [-0.39, 0.29) is 24.8 Å². The molecule has 3 saturated heterocycles. The molecule has 47 heavy (non-hydrogen) atoms. The average molecular weight is 653 g/mol. The van der Waals surface area contributed by atoms with E-state index in [0.717, 1.165) is 72.5 Å². The molecule has 12 nitrogen and oxygen atoms in total. The van der Waals surface area contributed by atoms with Crippen LogP contribution in [0.5, 0.6) is 0 Å². The van der Waals surface area contributed by atoms with Gasteiger partial charge in [0.15, 0.2) is 0 Å². The summed E-state index contributed by atoms with van der Waals surface area (Å²) in [6, 6.07) is 12.9. The van der Waals surface area contributed by atoms with Crippen molar-refractivity contribution < 1.29 is 19.2 Å². The van der Waals surface area contributed by atoms with E-state index in [1.165, 1.54) is 0 Å². The first-order chi connectivity index (χ1) is 22.8. The van der Waals surface area contributed by atoms with Gasteiger partial charge < -0.3 is 15.2 Å². The van der Waals surface area contributed by atoms with Gasteiger partial charge in [-0.05, 0) is 49.9 Å². The van der Waals surface area contributed by atoms with Crippen LogP contribution in [0.2, 0.25) is 5.02 Å². The quantitative estimate of drug-likeness (QED) is 0.265. The molecule has 4 aromatic rings. The Kier molecular flexibility index (Phi) is 7.41. The highest BCUT2D eigenvalue weighted by Crippen LogP contribution is 2.34. The van der Waals surface area contributed by atoms with Crippen LogP contribution in [-0.4, -0.2) is 92.7 Å². The van der Waals surface area contributed by atoms with Gasteiger partial charge in [0.25, 0.3) is 11.8 Å². The molecule has 2 aromatic carbocycles. The number of H-pyrrole nitrogens is 1. The number of likely N-dealkylation sites (tertiary alicyclic amines) is 1. The Balaban J connectivity index is 0.931. The van der Waals surface area contributed by atoms with Crippen molar-refractivity contribution in [2.75, 3.05) is 36.4 Å². The number of para-hydroxylation sites is 1. The number of nitrogens with zero attached hydrogens (tertiary/aromatic N) is 5. The van der Waals surface area contributed by atoms with Crippen molar-refractivity contribution in [3.8, 4) is 11.3 Å². The predicted molar refractivity (Wildman–Crippen MR) is 176 cm³/mol. The van der Waals surface area contributed by atoms with Crippen LogP contribution in [0.15, 0.2) is 54.9 Å². The van der Waals surface area contributed by atoms with Crippen molar-refractivity contribution in [1.29, 1.82) is 0 Å². The molecule has 13 heteroatoms. The minimum absolute atomic E-state index is 0.0931. The Bertz CT molecular complexity index is 1940. The fourth-order valence-electron chi connectivity index (χ4n) is 7.46. The molecule has 3 unspecified atom stereocenters. The molecule has 4 aliphatic heterocycles. The first-order valence-electron chi connectivity index (χ1n) is 16.0. The number of piperidine rings is 2. The first kappa shape index (κ1) is 29.6. The van der Waals surface area contributed by atoms with Gasteiger partial charge in [-0.3, -0.25) is 34.3 Å². The average Bonchev–Trinajstić information content (AvgIpc) is 3.79. The maximum absolute atomic E-state index is 13.4. The highest BCUT2D eigenvalue weighted by Gasteiger charge is 2.45. The molecule has 3 N–H and O–H groups in total. The lowest BCUT2D eigenvalue weighted by Gasteiger charge is -2.39. The van der Waals surface area contributed by atoms with Crippen molar-refractivity contribution in [2.45, 2.75) is 50.2 Å². The standard InChI is InChI=1S/C34H33ClN8O4/c35-26-16-37-34(40-30(26)25-15-36-27-6-2-1-5-22(25)27)38-19-11-13-42(17-19)21-4-3-12-41(18-21)20-7-8-23-24(14-20)33(47)43(32(23)46)28-9-10-29(44)39-31(28)45/h1-2,5-8,14-16,19,21,28,36H,3-4,9-13,17-18H2,(H,37,38,40)(H,39,44,45). The van der Waals surface area contributed by atoms with Gasteiger partial charge in [0, 0.05) is 73.0 Å². The van der Waals surface area contributed by atoms with Gasteiger partial charge in [-0.1, -0.05) is 29.8 Å². The zero-order valence-electron chi connectivity index (χ0n) is 25.5. The summed E-state index contributed by atoms with van der Waals surface area (Å²) in [7, 11) is 0. The summed E-state index contributed by atoms with van der Waals surface area (Å²) in [5.41, 5.74) is 4.13. The Labute approximate surface area is 275 Å². The monoisotopic (exact) mass is 652 g/mol. The van der Waals surface area contributed by atoms with E-state index < -0.39 is 23.8 Å². The summed E-state index contributed by atoms with van der Waals surface area (Å²) in [5, 5.41) is 7.34. The lowest BCUT2D eigenvalue weighted by Crippen LogP contribution is -2.54. The van der Waals surface area contributed by atoms with Gasteiger partial charge in [0.1, 0.15) is 6.04 Å². The fraction of sp³-hybridized carbons (Fsp3) is 0.353. The fourth-order valence-corrected chi connectivity index (χ4v) is 7.65. The van der Waals surface area contributed by atoms with Crippen molar-refractivity contribution in [1.82, 2.24) is 30.1 Å². The molecule has 3 fully saturated rings. The maximum Gasteiger partial charge on any atom is 0.262 e. The number of carbonyl (C=O) groups excluding carboxylic acids is 4. The zero-order valence-corrected chi connectivity index (χ0v) is 26.3. The highest BCUT2D eigenvalue weighted by atomic mass is 35.5. The number of halogens is 1. The van der Waals surface area contributed by atoms with E-state index in [2.05, 4.69) is 30.4 Å². The SMILES string of the molecule is O=C1CCC(N2C(=O)c3ccc(N4CCCC(N5CCC(Nc6ncc(Cl)c(-c7c[nH]c8ccccc78)n6)C5)C4)cc3C2=O)C(=O)N1. The second-order valence-corrected chi connectivity index (χ2v) is 13.1. The van der Waals surface area contributed by atoms with Gasteiger partial charge in [-0.25, -0.2) is 9.97 Å². The smallest absolute Gasteiger partial charge is 0.262 e. The molecule has 0 radical (unpaired) electrons. The van der Waals surface area contributed by atoms with E-state index in [1.54, 1.807) is 18.3 Å². The number of anilines is 2. The van der Waals surface area contributed by atoms with Crippen LogP contribution >= 0.6 is 11.6 Å². The number of hydrogen-bond acceptors (Lipinski definition) is 9. The minimum Gasteiger partial charge on any atom is -0.370 e. The van der Waals surface area contributed by atoms with Gasteiger partial charge in [-0.15, -0.1) is 0 Å². The molecule has 240 valence electrons. The largest absolute Gasteiger partial charge is 0.370 e. The molecular weight excluding hydrogens is 620 g/mol. The number of aromatic amines is 1. The van der Waals surface area contributed by atoms with E-state index in [1.807, 2.05) is 36.5 Å². The number of aromatic nitrogens is 3. The summed E-state index contributed by atoms with van der Waals surface area (Å²) in [6.45, 7) is 3.44. The molecule has 0 spiro atoms. The lowest BCUT2D eigenvalue weighted by atomic mass is 10.0.